The Kier molecular flexibility index (Phi) is 4.29. The third-order valence-electron chi connectivity index (χ3n) is 2.99. The van der Waals surface area contributed by atoms with E-state index in [2.05, 4.69) is 5.32 Å². The third-order valence-corrected chi connectivity index (χ3v) is 2.99. The molecule has 1 amide bonds. The van der Waals surface area contributed by atoms with Crippen LogP contribution in [0.5, 0.6) is 0 Å². The Hall–Kier alpha value is -1.10. The van der Waals surface area contributed by atoms with Crippen LogP contribution in [-0.2, 0) is 9.59 Å². The largest absolute Gasteiger partial charge is 0.481 e. The molecule has 92 valence electrons. The maximum absolute atomic E-state index is 11.6. The van der Waals surface area contributed by atoms with E-state index < -0.39 is 11.5 Å². The third kappa shape index (κ3) is 3.81. The fourth-order valence-electron chi connectivity index (χ4n) is 1.92. The predicted octanol–water partition coefficient (Wildman–Crippen LogP) is 0.452. The van der Waals surface area contributed by atoms with Crippen molar-refractivity contribution in [3.63, 3.8) is 0 Å². The second kappa shape index (κ2) is 5.30. The maximum atomic E-state index is 11.6. The van der Waals surface area contributed by atoms with Gasteiger partial charge in [-0.15, -0.1) is 0 Å². The summed E-state index contributed by atoms with van der Waals surface area (Å²) in [4.78, 5) is 24.2. The van der Waals surface area contributed by atoms with E-state index in [1.165, 1.54) is 0 Å². The lowest BCUT2D eigenvalue weighted by molar-refractivity contribution is -0.140. The van der Waals surface area contributed by atoms with Crippen LogP contribution in [-0.4, -0.2) is 48.1 Å². The highest BCUT2D eigenvalue weighted by Gasteiger charge is 2.40. The minimum atomic E-state index is -0.840. The number of aliphatic carboxylic acids is 1. The number of amides is 1. The molecular formula is C11H20N2O3. The summed E-state index contributed by atoms with van der Waals surface area (Å²) in [7, 11) is 3.81. The lowest BCUT2D eigenvalue weighted by atomic mass is 9.74. The van der Waals surface area contributed by atoms with Gasteiger partial charge in [-0.2, -0.15) is 0 Å². The number of hydrogen-bond donors (Lipinski definition) is 2. The van der Waals surface area contributed by atoms with Gasteiger partial charge < -0.3 is 15.3 Å². The Morgan fingerprint density at radius 2 is 2.00 bits per heavy atom. The number of hydrogen-bond acceptors (Lipinski definition) is 3. The van der Waals surface area contributed by atoms with Gasteiger partial charge in [-0.05, 0) is 33.4 Å². The van der Waals surface area contributed by atoms with Gasteiger partial charge in [-0.1, -0.05) is 0 Å². The van der Waals surface area contributed by atoms with Crippen LogP contribution in [0.15, 0.2) is 0 Å². The Labute approximate surface area is 95.8 Å². The number of carbonyl (C=O) groups excluding carboxylic acids is 1. The van der Waals surface area contributed by atoms with Crippen molar-refractivity contribution in [2.24, 2.45) is 0 Å². The van der Waals surface area contributed by atoms with Crippen LogP contribution in [0.4, 0.5) is 0 Å². The molecule has 1 aliphatic carbocycles. The van der Waals surface area contributed by atoms with Gasteiger partial charge in [0.15, 0.2) is 0 Å². The Balaban J connectivity index is 2.38. The zero-order chi connectivity index (χ0) is 12.2. The minimum absolute atomic E-state index is 0.0424. The normalized spacial score (nSPS) is 17.9. The summed E-state index contributed by atoms with van der Waals surface area (Å²) in [6.07, 6.45) is 3.04. The molecule has 0 aromatic carbocycles. The fraction of sp³-hybridized carbons (Fsp3) is 0.818. The molecule has 0 aromatic rings. The molecule has 1 fully saturated rings. The van der Waals surface area contributed by atoms with Crippen LogP contribution in [0.25, 0.3) is 0 Å². The monoisotopic (exact) mass is 228 g/mol. The second-order valence-corrected chi connectivity index (χ2v) is 4.81. The first-order chi connectivity index (χ1) is 7.43. The van der Waals surface area contributed by atoms with Gasteiger partial charge in [0.25, 0.3) is 0 Å². The maximum Gasteiger partial charge on any atom is 0.305 e. The quantitative estimate of drug-likeness (QED) is 0.692. The summed E-state index contributed by atoms with van der Waals surface area (Å²) >= 11 is 0. The smallest absolute Gasteiger partial charge is 0.305 e. The van der Waals surface area contributed by atoms with Gasteiger partial charge in [0, 0.05) is 13.0 Å². The molecule has 0 bridgehead atoms. The van der Waals surface area contributed by atoms with Crippen molar-refractivity contribution in [2.45, 2.75) is 37.6 Å². The number of rotatable bonds is 6. The predicted molar refractivity (Wildman–Crippen MR) is 60.1 cm³/mol. The summed E-state index contributed by atoms with van der Waals surface area (Å²) in [5.41, 5.74) is -0.463. The first-order valence-corrected chi connectivity index (χ1v) is 5.61. The molecule has 1 rings (SSSR count). The van der Waals surface area contributed by atoms with E-state index in [0.29, 0.717) is 13.0 Å². The molecule has 1 aliphatic rings. The molecule has 0 unspecified atom stereocenters. The molecule has 0 saturated heterocycles. The van der Waals surface area contributed by atoms with Crippen LogP contribution in [0.1, 0.15) is 32.1 Å². The van der Waals surface area contributed by atoms with E-state index in [1.54, 1.807) is 0 Å². The minimum Gasteiger partial charge on any atom is -0.481 e. The van der Waals surface area contributed by atoms with Gasteiger partial charge in [-0.3, -0.25) is 9.59 Å². The van der Waals surface area contributed by atoms with Crippen molar-refractivity contribution in [1.29, 1.82) is 0 Å². The highest BCUT2D eigenvalue weighted by Crippen LogP contribution is 2.34. The van der Waals surface area contributed by atoms with Gasteiger partial charge in [-0.25, -0.2) is 0 Å². The molecule has 16 heavy (non-hydrogen) atoms. The first-order valence-electron chi connectivity index (χ1n) is 5.61. The summed E-state index contributed by atoms with van der Waals surface area (Å²) < 4.78 is 0. The van der Waals surface area contributed by atoms with Gasteiger partial charge in [0.05, 0.1) is 12.0 Å². The van der Waals surface area contributed by atoms with E-state index >= 15 is 0 Å². The number of carboxylic acid groups (broad SMARTS) is 1. The van der Waals surface area contributed by atoms with E-state index in [0.717, 1.165) is 19.3 Å². The van der Waals surface area contributed by atoms with Crippen molar-refractivity contribution in [3.8, 4) is 0 Å². The Morgan fingerprint density at radius 3 is 2.38 bits per heavy atom. The van der Waals surface area contributed by atoms with Gasteiger partial charge in [0.1, 0.15) is 0 Å². The highest BCUT2D eigenvalue weighted by molar-refractivity contribution is 5.78. The zero-order valence-corrected chi connectivity index (χ0v) is 9.95. The van der Waals surface area contributed by atoms with Gasteiger partial charge in [0.2, 0.25) is 5.91 Å². The zero-order valence-electron chi connectivity index (χ0n) is 9.95. The lowest BCUT2D eigenvalue weighted by Gasteiger charge is -2.41. The number of nitrogens with one attached hydrogen (secondary N) is 1. The lowest BCUT2D eigenvalue weighted by Crippen LogP contribution is -2.54. The molecular weight excluding hydrogens is 208 g/mol. The van der Waals surface area contributed by atoms with Crippen molar-refractivity contribution in [3.05, 3.63) is 0 Å². The second-order valence-electron chi connectivity index (χ2n) is 4.81. The van der Waals surface area contributed by atoms with Crippen LogP contribution in [0, 0.1) is 0 Å². The highest BCUT2D eigenvalue weighted by atomic mass is 16.4. The molecule has 5 nitrogen and oxygen atoms in total. The molecule has 0 atom stereocenters. The number of carbonyl (C=O) groups is 2. The molecule has 0 aromatic heterocycles. The summed E-state index contributed by atoms with van der Waals surface area (Å²) in [5, 5.41) is 11.7. The fourth-order valence-corrected chi connectivity index (χ4v) is 1.92. The molecule has 0 radical (unpaired) electrons. The van der Waals surface area contributed by atoms with Crippen molar-refractivity contribution in [1.82, 2.24) is 10.2 Å². The van der Waals surface area contributed by atoms with E-state index in [1.807, 2.05) is 19.0 Å². The van der Waals surface area contributed by atoms with Crippen LogP contribution in [0.2, 0.25) is 0 Å². The van der Waals surface area contributed by atoms with Crippen molar-refractivity contribution >= 4 is 11.9 Å². The molecule has 1 saturated carbocycles. The average Bonchev–Trinajstić information content (AvgIpc) is 2.10. The molecule has 0 aliphatic heterocycles. The molecule has 0 heterocycles. The van der Waals surface area contributed by atoms with Crippen molar-refractivity contribution in [2.75, 3.05) is 20.6 Å². The van der Waals surface area contributed by atoms with E-state index in [4.69, 9.17) is 5.11 Å². The van der Waals surface area contributed by atoms with Crippen LogP contribution >= 0.6 is 0 Å². The molecule has 2 N–H and O–H groups in total. The first kappa shape index (κ1) is 13.0. The van der Waals surface area contributed by atoms with Crippen LogP contribution in [0.3, 0.4) is 0 Å². The number of nitrogens with zero attached hydrogens (tertiary/aromatic N) is 1. The SMILES string of the molecule is CN(C)CCC(=O)NC1(CC(=O)O)CCC1. The van der Waals surface area contributed by atoms with Crippen molar-refractivity contribution < 1.29 is 14.7 Å². The molecule has 0 spiro atoms. The van der Waals surface area contributed by atoms with E-state index in [-0.39, 0.29) is 12.3 Å². The van der Waals surface area contributed by atoms with Gasteiger partial charge >= 0.3 is 5.97 Å². The summed E-state index contributed by atoms with van der Waals surface area (Å²) in [6.45, 7) is 0.689. The topological polar surface area (TPSA) is 69.6 Å². The summed E-state index contributed by atoms with van der Waals surface area (Å²) in [6, 6.07) is 0. The average molecular weight is 228 g/mol. The Morgan fingerprint density at radius 1 is 1.38 bits per heavy atom. The van der Waals surface area contributed by atoms with E-state index in [9.17, 15) is 9.59 Å². The Bertz CT molecular complexity index is 272. The standard InChI is InChI=1S/C11H20N2O3/c1-13(2)7-4-9(14)12-11(5-3-6-11)8-10(15)16/h3-8H2,1-2H3,(H,12,14)(H,15,16). The molecule has 5 heteroatoms. The number of carboxylic acids is 1. The summed E-state index contributed by atoms with van der Waals surface area (Å²) in [5.74, 6) is -0.887. The van der Waals surface area contributed by atoms with Crippen LogP contribution < -0.4 is 5.32 Å².